The number of para-hydroxylation sites is 4. The number of pyridine rings is 1. The number of benzene rings is 4. The van der Waals surface area contributed by atoms with Gasteiger partial charge in [-0.15, -0.1) is 0 Å². The van der Waals surface area contributed by atoms with Crippen LogP contribution in [0.25, 0.3) is 11.1 Å². The molecule has 0 aliphatic carbocycles. The van der Waals surface area contributed by atoms with E-state index < -0.39 is 23.4 Å². The third-order valence-corrected chi connectivity index (χ3v) is 8.77. The molecule has 1 aromatic heterocycles. The summed E-state index contributed by atoms with van der Waals surface area (Å²) < 4.78 is 10.6. The van der Waals surface area contributed by atoms with Crippen LogP contribution < -0.4 is 26.6 Å². The van der Waals surface area contributed by atoms with Gasteiger partial charge < -0.3 is 25.4 Å². The molecule has 0 spiro atoms. The van der Waals surface area contributed by atoms with Gasteiger partial charge in [0.25, 0.3) is 11.8 Å². The smallest absolute Gasteiger partial charge is 0.412 e. The summed E-state index contributed by atoms with van der Waals surface area (Å²) in [6.45, 7) is 12.8. The summed E-state index contributed by atoms with van der Waals surface area (Å²) in [6.07, 6.45) is 4.55. The molecule has 1 aliphatic heterocycles. The number of nitrogens with zero attached hydrogens (tertiary/aromatic N) is 1. The lowest BCUT2D eigenvalue weighted by Gasteiger charge is -2.23. The van der Waals surface area contributed by atoms with Gasteiger partial charge in [0.2, 0.25) is 0 Å². The van der Waals surface area contributed by atoms with Crippen LogP contribution in [0.15, 0.2) is 122 Å². The number of rotatable bonds is 8. The first-order valence-corrected chi connectivity index (χ1v) is 19.3. The summed E-state index contributed by atoms with van der Waals surface area (Å²) in [5.74, 6) is 0.0529. The number of hydrogen-bond acceptors (Lipinski definition) is 8. The number of carbonyl (C=O) groups is 4. The Morgan fingerprint density at radius 2 is 0.914 bits per heavy atom. The predicted octanol–water partition coefficient (Wildman–Crippen LogP) is 10.1. The van der Waals surface area contributed by atoms with Crippen LogP contribution in [-0.4, -0.2) is 53.3 Å². The van der Waals surface area contributed by atoms with Crippen LogP contribution in [0.4, 0.5) is 32.3 Å². The first-order valence-electron chi connectivity index (χ1n) is 19.3. The molecule has 0 unspecified atom stereocenters. The molecule has 1 aliphatic rings. The summed E-state index contributed by atoms with van der Waals surface area (Å²) >= 11 is 0. The Morgan fingerprint density at radius 1 is 0.534 bits per heavy atom. The fourth-order valence-corrected chi connectivity index (χ4v) is 6.04. The van der Waals surface area contributed by atoms with Crippen molar-refractivity contribution in [3.63, 3.8) is 0 Å². The molecule has 58 heavy (non-hydrogen) atoms. The molecule has 0 bridgehead atoms. The molecule has 1 fully saturated rings. The third kappa shape index (κ3) is 13.3. The number of nitrogens with one attached hydrogen (secondary N) is 5. The molecule has 5 aromatic rings. The van der Waals surface area contributed by atoms with Crippen molar-refractivity contribution >= 4 is 46.8 Å². The normalized spacial score (nSPS) is 12.9. The minimum absolute atomic E-state index is 0.222. The molecule has 6 rings (SSSR count). The third-order valence-electron chi connectivity index (χ3n) is 8.77. The Labute approximate surface area is 340 Å². The molecule has 0 saturated carbocycles. The Morgan fingerprint density at radius 3 is 1.33 bits per heavy atom. The highest BCUT2D eigenvalue weighted by Gasteiger charge is 2.20. The molecule has 1 saturated heterocycles. The second-order valence-corrected chi connectivity index (χ2v) is 15.7. The van der Waals surface area contributed by atoms with Crippen LogP contribution >= 0.6 is 0 Å². The van der Waals surface area contributed by atoms with E-state index in [0.29, 0.717) is 39.8 Å². The van der Waals surface area contributed by atoms with Crippen LogP contribution in [0.5, 0.6) is 0 Å². The van der Waals surface area contributed by atoms with E-state index in [-0.39, 0.29) is 11.8 Å². The van der Waals surface area contributed by atoms with Crippen molar-refractivity contribution in [3.05, 3.63) is 138 Å². The second kappa shape index (κ2) is 19.6. The van der Waals surface area contributed by atoms with Gasteiger partial charge >= 0.3 is 12.2 Å². The maximum atomic E-state index is 12.7. The van der Waals surface area contributed by atoms with E-state index in [1.807, 2.05) is 48.5 Å². The van der Waals surface area contributed by atoms with Crippen LogP contribution in [0, 0.1) is 0 Å². The lowest BCUT2D eigenvalue weighted by molar-refractivity contribution is 0.0624. The fraction of sp³-hybridized carbons (Fsp3) is 0.283. The lowest BCUT2D eigenvalue weighted by atomic mass is 9.90. The van der Waals surface area contributed by atoms with E-state index >= 15 is 0 Å². The van der Waals surface area contributed by atoms with Gasteiger partial charge in [-0.3, -0.25) is 25.2 Å². The van der Waals surface area contributed by atoms with Crippen LogP contribution in [-0.2, 0) is 9.47 Å². The summed E-state index contributed by atoms with van der Waals surface area (Å²) in [5.41, 5.74) is 5.13. The Balaban J connectivity index is 0.000000221. The predicted molar refractivity (Wildman–Crippen MR) is 229 cm³/mol. The number of amides is 4. The topological polar surface area (TPSA) is 160 Å². The van der Waals surface area contributed by atoms with Crippen molar-refractivity contribution in [1.82, 2.24) is 10.3 Å². The van der Waals surface area contributed by atoms with E-state index in [0.717, 1.165) is 37.1 Å². The van der Waals surface area contributed by atoms with E-state index in [1.165, 1.54) is 5.56 Å². The van der Waals surface area contributed by atoms with Gasteiger partial charge in [0.15, 0.2) is 0 Å². The van der Waals surface area contributed by atoms with Crippen molar-refractivity contribution in [2.45, 2.75) is 71.5 Å². The lowest BCUT2D eigenvalue weighted by Crippen LogP contribution is -2.27. The Hall–Kier alpha value is -6.53. The van der Waals surface area contributed by atoms with Crippen molar-refractivity contribution in [1.29, 1.82) is 0 Å². The fourth-order valence-electron chi connectivity index (χ4n) is 6.04. The summed E-state index contributed by atoms with van der Waals surface area (Å²) in [4.78, 5) is 53.5. The molecule has 4 aromatic carbocycles. The zero-order valence-electron chi connectivity index (χ0n) is 33.8. The van der Waals surface area contributed by atoms with Crippen molar-refractivity contribution in [2.24, 2.45) is 0 Å². The summed E-state index contributed by atoms with van der Waals surface area (Å²) in [7, 11) is 0. The number of anilines is 4. The second-order valence-electron chi connectivity index (χ2n) is 15.7. The summed E-state index contributed by atoms with van der Waals surface area (Å²) in [5, 5.41) is 14.4. The highest BCUT2D eigenvalue weighted by molar-refractivity contribution is 6.08. The van der Waals surface area contributed by atoms with E-state index in [4.69, 9.17) is 9.47 Å². The van der Waals surface area contributed by atoms with Crippen molar-refractivity contribution in [2.75, 3.05) is 34.4 Å². The molecule has 2 heterocycles. The zero-order chi connectivity index (χ0) is 41.7. The molecular weight excluding hydrogens is 733 g/mol. The van der Waals surface area contributed by atoms with Gasteiger partial charge in [-0.1, -0.05) is 48.5 Å². The number of aromatic nitrogens is 1. The van der Waals surface area contributed by atoms with Crippen LogP contribution in [0.2, 0.25) is 0 Å². The Bertz CT molecular complexity index is 2150. The number of ether oxygens (including phenoxy) is 2. The maximum absolute atomic E-state index is 12.7. The SMILES string of the molecule is CC(C)(C)OC(=O)Nc1ccccc1NC(=O)c1ccc(-c2ccncc2)cc1.CC(C)(C)OC(=O)Nc1ccccc1NC(=O)c1ccc(C2CCNCC2)cc1. The van der Waals surface area contributed by atoms with Crippen LogP contribution in [0.1, 0.15) is 86.6 Å². The van der Waals surface area contributed by atoms with Gasteiger partial charge in [-0.05, 0) is 151 Å². The van der Waals surface area contributed by atoms with Gasteiger partial charge in [-0.25, -0.2) is 9.59 Å². The van der Waals surface area contributed by atoms with Gasteiger partial charge in [0.05, 0.1) is 22.7 Å². The standard InChI is InChI=1S/C23H29N3O3.C23H23N3O3/c2*1-23(2,3)29-22(28)26-20-7-5-4-6-19(20)25-21(27)18-10-8-16(9-11-18)17-12-14-24-15-13-17/h4-11,17,24H,12-15H2,1-3H3,(H,25,27)(H,26,28);4-15H,1-3H3,(H,25,27)(H,26,28). The minimum Gasteiger partial charge on any atom is -0.444 e. The highest BCUT2D eigenvalue weighted by atomic mass is 16.6. The highest BCUT2D eigenvalue weighted by Crippen LogP contribution is 2.27. The zero-order valence-corrected chi connectivity index (χ0v) is 33.8. The van der Waals surface area contributed by atoms with Gasteiger partial charge in [0.1, 0.15) is 11.2 Å². The van der Waals surface area contributed by atoms with E-state index in [2.05, 4.69) is 31.6 Å². The van der Waals surface area contributed by atoms with E-state index in [1.54, 1.807) is 115 Å². The molecular formula is C46H52N6O6. The average Bonchev–Trinajstić information content (AvgIpc) is 3.19. The first kappa shape index (κ1) is 42.6. The number of hydrogen-bond donors (Lipinski definition) is 5. The Kier molecular flexibility index (Phi) is 14.4. The van der Waals surface area contributed by atoms with Crippen molar-refractivity contribution < 1.29 is 28.7 Å². The monoisotopic (exact) mass is 784 g/mol. The van der Waals surface area contributed by atoms with Gasteiger partial charge in [0, 0.05) is 23.5 Å². The number of piperidine rings is 1. The van der Waals surface area contributed by atoms with E-state index in [9.17, 15) is 19.2 Å². The molecule has 302 valence electrons. The molecule has 0 atom stereocenters. The molecule has 12 heteroatoms. The van der Waals surface area contributed by atoms with Crippen molar-refractivity contribution in [3.8, 4) is 11.1 Å². The maximum Gasteiger partial charge on any atom is 0.412 e. The largest absolute Gasteiger partial charge is 0.444 e. The molecule has 5 N–H and O–H groups in total. The minimum atomic E-state index is -0.612. The van der Waals surface area contributed by atoms with Gasteiger partial charge in [-0.2, -0.15) is 0 Å². The first-order chi connectivity index (χ1) is 27.6. The quantitative estimate of drug-likeness (QED) is 0.104. The molecule has 4 amide bonds. The summed E-state index contributed by atoms with van der Waals surface area (Å²) in [6, 6.07) is 32.9. The molecule has 0 radical (unpaired) electrons. The number of carbonyl (C=O) groups excluding carboxylic acids is 4. The average molecular weight is 785 g/mol. The van der Waals surface area contributed by atoms with Crippen LogP contribution in [0.3, 0.4) is 0 Å². The molecule has 12 nitrogen and oxygen atoms in total.